The highest BCUT2D eigenvalue weighted by Gasteiger charge is 2.11. The van der Waals surface area contributed by atoms with Gasteiger partial charge in [0.2, 0.25) is 0 Å². The topological polar surface area (TPSA) is 51.2 Å². The summed E-state index contributed by atoms with van der Waals surface area (Å²) in [5.41, 5.74) is 1.32. The van der Waals surface area contributed by atoms with Gasteiger partial charge >= 0.3 is 0 Å². The lowest BCUT2D eigenvalue weighted by Crippen LogP contribution is -2.09. The fourth-order valence-corrected chi connectivity index (χ4v) is 1.91. The number of halogens is 1. The Morgan fingerprint density at radius 2 is 2.00 bits per heavy atom. The molecule has 0 aliphatic heterocycles. The smallest absolute Gasteiger partial charge is 0.163 e. The standard InChI is InChI=1S/C11H13ClO3S/c1-8-7-9(3-4-10(8)12)11(13)5-6-16(2,14)15/h3-4,7H,5-6H2,1-2H3. The van der Waals surface area contributed by atoms with Crippen LogP contribution in [0.25, 0.3) is 0 Å². The van der Waals surface area contributed by atoms with Gasteiger partial charge in [-0.15, -0.1) is 0 Å². The molecule has 0 unspecified atom stereocenters. The molecule has 0 spiro atoms. The molecule has 5 heteroatoms. The Morgan fingerprint density at radius 1 is 1.38 bits per heavy atom. The van der Waals surface area contributed by atoms with Crippen LogP contribution in [0.4, 0.5) is 0 Å². The van der Waals surface area contributed by atoms with Crippen molar-refractivity contribution in [2.75, 3.05) is 12.0 Å². The third kappa shape index (κ3) is 3.94. The third-order valence-electron chi connectivity index (χ3n) is 2.18. The quantitative estimate of drug-likeness (QED) is 0.781. The van der Waals surface area contributed by atoms with Crippen molar-refractivity contribution in [2.45, 2.75) is 13.3 Å². The first-order valence-electron chi connectivity index (χ1n) is 4.76. The Labute approximate surface area is 100 Å². The van der Waals surface area contributed by atoms with Gasteiger partial charge in [-0.25, -0.2) is 8.42 Å². The first kappa shape index (κ1) is 13.2. The van der Waals surface area contributed by atoms with Crippen molar-refractivity contribution < 1.29 is 13.2 Å². The van der Waals surface area contributed by atoms with E-state index in [2.05, 4.69) is 0 Å². The second kappa shape index (κ2) is 4.97. The highest BCUT2D eigenvalue weighted by Crippen LogP contribution is 2.17. The number of rotatable bonds is 4. The molecule has 0 aliphatic rings. The van der Waals surface area contributed by atoms with Crippen molar-refractivity contribution in [3.8, 4) is 0 Å². The van der Waals surface area contributed by atoms with E-state index in [0.717, 1.165) is 11.8 Å². The van der Waals surface area contributed by atoms with E-state index in [-0.39, 0.29) is 18.0 Å². The van der Waals surface area contributed by atoms with E-state index in [0.29, 0.717) is 10.6 Å². The van der Waals surface area contributed by atoms with Gasteiger partial charge in [-0.05, 0) is 30.7 Å². The van der Waals surface area contributed by atoms with Crippen molar-refractivity contribution >= 4 is 27.2 Å². The molecule has 0 amide bonds. The van der Waals surface area contributed by atoms with Crippen LogP contribution < -0.4 is 0 Å². The van der Waals surface area contributed by atoms with Gasteiger partial charge in [-0.3, -0.25) is 4.79 Å². The lowest BCUT2D eigenvalue weighted by molar-refractivity contribution is 0.0988. The summed E-state index contributed by atoms with van der Waals surface area (Å²) >= 11 is 5.83. The maximum Gasteiger partial charge on any atom is 0.163 e. The highest BCUT2D eigenvalue weighted by atomic mass is 35.5. The van der Waals surface area contributed by atoms with Crippen LogP contribution in [-0.2, 0) is 9.84 Å². The van der Waals surface area contributed by atoms with Crippen LogP contribution in [0.15, 0.2) is 18.2 Å². The van der Waals surface area contributed by atoms with E-state index in [1.165, 1.54) is 0 Å². The second-order valence-electron chi connectivity index (χ2n) is 3.77. The molecule has 1 aromatic carbocycles. The molecule has 0 heterocycles. The lowest BCUT2D eigenvalue weighted by atomic mass is 10.1. The number of aryl methyl sites for hydroxylation is 1. The first-order valence-corrected chi connectivity index (χ1v) is 7.20. The Bertz CT molecular complexity index is 506. The fraction of sp³-hybridized carbons (Fsp3) is 0.364. The number of sulfone groups is 1. The van der Waals surface area contributed by atoms with E-state index in [4.69, 9.17) is 11.6 Å². The summed E-state index contributed by atoms with van der Waals surface area (Å²) in [5, 5.41) is 0.597. The van der Waals surface area contributed by atoms with Gasteiger partial charge < -0.3 is 0 Å². The minimum atomic E-state index is -3.09. The number of carbonyl (C=O) groups is 1. The van der Waals surface area contributed by atoms with Crippen molar-refractivity contribution in [1.82, 2.24) is 0 Å². The van der Waals surface area contributed by atoms with E-state index in [1.54, 1.807) is 25.1 Å². The summed E-state index contributed by atoms with van der Waals surface area (Å²) in [6, 6.07) is 4.93. The van der Waals surface area contributed by atoms with Crippen molar-refractivity contribution in [2.24, 2.45) is 0 Å². The fourth-order valence-electron chi connectivity index (χ4n) is 1.24. The molecule has 0 aliphatic carbocycles. The molecule has 0 saturated heterocycles. The molecule has 0 N–H and O–H groups in total. The molecule has 0 radical (unpaired) electrons. The molecule has 16 heavy (non-hydrogen) atoms. The van der Waals surface area contributed by atoms with Crippen LogP contribution in [0.5, 0.6) is 0 Å². The summed E-state index contributed by atoms with van der Waals surface area (Å²) < 4.78 is 21.8. The molecular weight excluding hydrogens is 248 g/mol. The predicted octanol–water partition coefficient (Wildman–Crippen LogP) is 2.27. The average Bonchev–Trinajstić information content (AvgIpc) is 2.17. The summed E-state index contributed by atoms with van der Waals surface area (Å²) in [7, 11) is -3.09. The molecule has 0 bridgehead atoms. The summed E-state index contributed by atoms with van der Waals surface area (Å²) in [4.78, 5) is 11.6. The van der Waals surface area contributed by atoms with Gasteiger partial charge in [0.05, 0.1) is 5.75 Å². The summed E-state index contributed by atoms with van der Waals surface area (Å²) in [6.45, 7) is 1.80. The third-order valence-corrected chi connectivity index (χ3v) is 3.55. The monoisotopic (exact) mass is 260 g/mol. The average molecular weight is 261 g/mol. The van der Waals surface area contributed by atoms with Gasteiger partial charge in [-0.2, -0.15) is 0 Å². The number of ketones is 1. The second-order valence-corrected chi connectivity index (χ2v) is 6.43. The maximum absolute atomic E-state index is 11.6. The van der Waals surface area contributed by atoms with Crippen molar-refractivity contribution in [3.05, 3.63) is 34.3 Å². The van der Waals surface area contributed by atoms with Crippen LogP contribution in [0.1, 0.15) is 22.3 Å². The van der Waals surface area contributed by atoms with Gasteiger partial charge in [0, 0.05) is 23.3 Å². The Morgan fingerprint density at radius 3 is 2.50 bits per heavy atom. The van der Waals surface area contributed by atoms with Gasteiger partial charge in [0.15, 0.2) is 5.78 Å². The highest BCUT2D eigenvalue weighted by molar-refractivity contribution is 7.90. The molecule has 3 nitrogen and oxygen atoms in total. The zero-order valence-electron chi connectivity index (χ0n) is 9.16. The minimum absolute atomic E-state index is 0.0138. The van der Waals surface area contributed by atoms with E-state index < -0.39 is 9.84 Å². The zero-order chi connectivity index (χ0) is 12.3. The number of Topliss-reactive ketones (excluding diaryl/α,β-unsaturated/α-hetero) is 1. The normalized spacial score (nSPS) is 11.4. The number of hydrogen-bond acceptors (Lipinski definition) is 3. The number of hydrogen-bond donors (Lipinski definition) is 0. The molecule has 1 rings (SSSR count). The predicted molar refractivity (Wildman–Crippen MR) is 64.8 cm³/mol. The Hall–Kier alpha value is -0.870. The van der Waals surface area contributed by atoms with E-state index in [1.807, 2.05) is 0 Å². The number of benzene rings is 1. The van der Waals surface area contributed by atoms with E-state index in [9.17, 15) is 13.2 Å². The Balaban J connectivity index is 2.78. The largest absolute Gasteiger partial charge is 0.294 e. The van der Waals surface area contributed by atoms with Crippen LogP contribution in [0, 0.1) is 6.92 Å². The number of carbonyl (C=O) groups excluding carboxylic acids is 1. The molecule has 0 atom stereocenters. The van der Waals surface area contributed by atoms with Crippen LogP contribution in [0.2, 0.25) is 5.02 Å². The molecule has 0 aromatic heterocycles. The SMILES string of the molecule is Cc1cc(C(=O)CCS(C)(=O)=O)ccc1Cl. The van der Waals surface area contributed by atoms with Crippen LogP contribution in [-0.4, -0.2) is 26.2 Å². The molecule has 0 fully saturated rings. The lowest BCUT2D eigenvalue weighted by Gasteiger charge is -2.03. The van der Waals surface area contributed by atoms with Crippen LogP contribution in [0.3, 0.4) is 0 Å². The molecule has 0 saturated carbocycles. The van der Waals surface area contributed by atoms with Crippen molar-refractivity contribution in [1.29, 1.82) is 0 Å². The maximum atomic E-state index is 11.6. The minimum Gasteiger partial charge on any atom is -0.294 e. The molecular formula is C11H13ClO3S. The van der Waals surface area contributed by atoms with Gasteiger partial charge in [0.1, 0.15) is 9.84 Å². The first-order chi connectivity index (χ1) is 7.29. The zero-order valence-corrected chi connectivity index (χ0v) is 10.7. The molecule has 1 aromatic rings. The van der Waals surface area contributed by atoms with Crippen molar-refractivity contribution in [3.63, 3.8) is 0 Å². The molecule has 88 valence electrons. The van der Waals surface area contributed by atoms with Gasteiger partial charge in [0.25, 0.3) is 0 Å². The summed E-state index contributed by atoms with van der Waals surface area (Å²) in [5.74, 6) is -0.293. The summed E-state index contributed by atoms with van der Waals surface area (Å²) in [6.07, 6.45) is 1.13. The Kier molecular flexibility index (Phi) is 4.10. The van der Waals surface area contributed by atoms with Gasteiger partial charge in [-0.1, -0.05) is 11.6 Å². The van der Waals surface area contributed by atoms with Crippen LogP contribution >= 0.6 is 11.6 Å². The van der Waals surface area contributed by atoms with E-state index >= 15 is 0 Å².